The molecule has 0 heterocycles. The Morgan fingerprint density at radius 1 is 1.00 bits per heavy atom. The van der Waals surface area contributed by atoms with Crippen LogP contribution in [0.15, 0.2) is 60.7 Å². The van der Waals surface area contributed by atoms with Crippen LogP contribution in [0.1, 0.15) is 11.1 Å². The lowest BCUT2D eigenvalue weighted by molar-refractivity contribution is 0.127. The third-order valence-corrected chi connectivity index (χ3v) is 2.99. The van der Waals surface area contributed by atoms with E-state index in [0.29, 0.717) is 13.1 Å². The number of aliphatic hydroxyl groups excluding tert-OH is 1. The fourth-order valence-electron chi connectivity index (χ4n) is 2.02. The van der Waals surface area contributed by atoms with E-state index in [2.05, 4.69) is 5.32 Å². The van der Waals surface area contributed by atoms with Crippen LogP contribution in [0.2, 0.25) is 0 Å². The summed E-state index contributed by atoms with van der Waals surface area (Å²) in [5.41, 5.74) is 7.23. The van der Waals surface area contributed by atoms with Crippen LogP contribution in [0.4, 0.5) is 4.79 Å². The minimum Gasteiger partial charge on any atom is -0.361 e. The first kappa shape index (κ1) is 15.0. The van der Waals surface area contributed by atoms with Gasteiger partial charge in [-0.2, -0.15) is 0 Å². The number of hydrogen-bond acceptors (Lipinski definition) is 3. The zero-order valence-corrected chi connectivity index (χ0v) is 11.6. The molecule has 2 rings (SSSR count). The van der Waals surface area contributed by atoms with E-state index in [1.807, 2.05) is 60.7 Å². The maximum Gasteiger partial charge on any atom is 0.321 e. The van der Waals surface area contributed by atoms with Gasteiger partial charge in [0.05, 0.1) is 0 Å². The van der Waals surface area contributed by atoms with Gasteiger partial charge in [0.15, 0.2) is 6.35 Å². The van der Waals surface area contributed by atoms with E-state index in [0.717, 1.165) is 11.1 Å². The molecule has 5 nitrogen and oxygen atoms in total. The first-order valence-electron chi connectivity index (χ1n) is 6.72. The molecule has 2 aromatic carbocycles. The summed E-state index contributed by atoms with van der Waals surface area (Å²) in [7, 11) is 0. The summed E-state index contributed by atoms with van der Waals surface area (Å²) in [5, 5.41) is 11.4. The van der Waals surface area contributed by atoms with E-state index in [9.17, 15) is 4.79 Å². The topological polar surface area (TPSA) is 78.6 Å². The van der Waals surface area contributed by atoms with Gasteiger partial charge < -0.3 is 10.0 Å². The average molecular weight is 285 g/mol. The van der Waals surface area contributed by atoms with E-state index in [1.54, 1.807) is 4.90 Å². The van der Waals surface area contributed by atoms with Crippen LogP contribution in [0.25, 0.3) is 0 Å². The lowest BCUT2D eigenvalue weighted by atomic mass is 10.2. The maximum atomic E-state index is 12.1. The van der Waals surface area contributed by atoms with Crippen LogP contribution in [0.5, 0.6) is 0 Å². The molecule has 0 aliphatic carbocycles. The lowest BCUT2D eigenvalue weighted by Crippen LogP contribution is -2.47. The molecule has 110 valence electrons. The van der Waals surface area contributed by atoms with Crippen LogP contribution in [0.3, 0.4) is 0 Å². The highest BCUT2D eigenvalue weighted by molar-refractivity contribution is 5.74. The predicted molar refractivity (Wildman–Crippen MR) is 80.9 cm³/mol. The first-order valence-corrected chi connectivity index (χ1v) is 6.72. The maximum absolute atomic E-state index is 12.1. The molecule has 2 amide bonds. The summed E-state index contributed by atoms with van der Waals surface area (Å²) in [6, 6.07) is 18.9. The van der Waals surface area contributed by atoms with E-state index in [1.165, 1.54) is 0 Å². The van der Waals surface area contributed by atoms with Crippen molar-refractivity contribution in [1.82, 2.24) is 10.2 Å². The Kier molecular flexibility index (Phi) is 5.31. The minimum atomic E-state index is -1.37. The Hall–Kier alpha value is -2.37. The second-order valence-corrected chi connectivity index (χ2v) is 4.72. The van der Waals surface area contributed by atoms with Crippen molar-refractivity contribution >= 4 is 6.03 Å². The van der Waals surface area contributed by atoms with Crippen molar-refractivity contribution in [3.63, 3.8) is 0 Å². The predicted octanol–water partition coefficient (Wildman–Crippen LogP) is 1.63. The van der Waals surface area contributed by atoms with Crippen molar-refractivity contribution in [2.45, 2.75) is 19.4 Å². The fourth-order valence-corrected chi connectivity index (χ4v) is 2.02. The smallest absolute Gasteiger partial charge is 0.321 e. The van der Waals surface area contributed by atoms with Gasteiger partial charge in [0, 0.05) is 13.1 Å². The largest absolute Gasteiger partial charge is 0.361 e. The number of nitrogens with one attached hydrogen (secondary N) is 1. The normalized spacial score (nSPS) is 11.7. The van der Waals surface area contributed by atoms with Gasteiger partial charge in [-0.25, -0.2) is 4.79 Å². The van der Waals surface area contributed by atoms with Gasteiger partial charge in [-0.3, -0.25) is 11.1 Å². The quantitative estimate of drug-likeness (QED) is 0.731. The van der Waals surface area contributed by atoms with E-state index < -0.39 is 12.4 Å². The SMILES string of the molecule is NC(O)NC(=O)N(Cc1ccccc1)Cc1ccccc1. The van der Waals surface area contributed by atoms with Crippen molar-refractivity contribution in [3.05, 3.63) is 71.8 Å². The summed E-state index contributed by atoms with van der Waals surface area (Å²) in [6.45, 7) is 0.878. The van der Waals surface area contributed by atoms with Crippen LogP contribution in [-0.2, 0) is 13.1 Å². The molecular weight excluding hydrogens is 266 g/mol. The van der Waals surface area contributed by atoms with E-state index in [4.69, 9.17) is 10.8 Å². The molecular formula is C16H19N3O2. The zero-order chi connectivity index (χ0) is 15.1. The molecule has 2 aromatic rings. The van der Waals surface area contributed by atoms with Gasteiger partial charge in [-0.15, -0.1) is 0 Å². The molecule has 0 aliphatic rings. The summed E-state index contributed by atoms with van der Waals surface area (Å²) >= 11 is 0. The van der Waals surface area contributed by atoms with Gasteiger partial charge in [0.2, 0.25) is 0 Å². The fraction of sp³-hybridized carbons (Fsp3) is 0.188. The third kappa shape index (κ3) is 4.91. The summed E-state index contributed by atoms with van der Waals surface area (Å²) in [5.74, 6) is 0. The minimum absolute atomic E-state index is 0.405. The number of amides is 2. The number of nitrogens with two attached hydrogens (primary N) is 1. The number of carbonyl (C=O) groups excluding carboxylic acids is 1. The molecule has 1 unspecified atom stereocenters. The molecule has 0 saturated carbocycles. The number of rotatable bonds is 5. The summed E-state index contributed by atoms with van der Waals surface area (Å²) in [4.78, 5) is 13.7. The third-order valence-electron chi connectivity index (χ3n) is 2.99. The van der Waals surface area contributed by atoms with Gasteiger partial charge in [-0.05, 0) is 11.1 Å². The Morgan fingerprint density at radius 2 is 1.43 bits per heavy atom. The number of urea groups is 1. The van der Waals surface area contributed by atoms with E-state index >= 15 is 0 Å². The molecule has 0 fully saturated rings. The van der Waals surface area contributed by atoms with Crippen LogP contribution >= 0.6 is 0 Å². The Morgan fingerprint density at radius 3 is 1.81 bits per heavy atom. The van der Waals surface area contributed by atoms with Crippen LogP contribution < -0.4 is 11.1 Å². The van der Waals surface area contributed by atoms with Gasteiger partial charge in [-0.1, -0.05) is 60.7 Å². The summed E-state index contributed by atoms with van der Waals surface area (Å²) in [6.07, 6.45) is -1.37. The van der Waals surface area contributed by atoms with Crippen LogP contribution in [-0.4, -0.2) is 22.4 Å². The standard InChI is InChI=1S/C16H19N3O2/c17-15(20)18-16(21)19(11-13-7-3-1-4-8-13)12-14-9-5-2-6-10-14/h1-10,15,20H,11-12,17H2,(H,18,21). The zero-order valence-electron chi connectivity index (χ0n) is 11.6. The monoisotopic (exact) mass is 285 g/mol. The van der Waals surface area contributed by atoms with Crippen molar-refractivity contribution in [2.24, 2.45) is 5.73 Å². The number of hydrogen-bond donors (Lipinski definition) is 3. The molecule has 4 N–H and O–H groups in total. The van der Waals surface area contributed by atoms with Gasteiger partial charge >= 0.3 is 6.03 Å². The molecule has 0 aromatic heterocycles. The molecule has 0 aliphatic heterocycles. The molecule has 0 saturated heterocycles. The molecule has 21 heavy (non-hydrogen) atoms. The molecule has 0 spiro atoms. The average Bonchev–Trinajstić information content (AvgIpc) is 2.48. The summed E-state index contributed by atoms with van der Waals surface area (Å²) < 4.78 is 0. The number of carbonyl (C=O) groups is 1. The van der Waals surface area contributed by atoms with E-state index in [-0.39, 0.29) is 0 Å². The van der Waals surface area contributed by atoms with Crippen molar-refractivity contribution in [1.29, 1.82) is 0 Å². The van der Waals surface area contributed by atoms with Gasteiger partial charge in [0.1, 0.15) is 0 Å². The lowest BCUT2D eigenvalue weighted by Gasteiger charge is -2.24. The second-order valence-electron chi connectivity index (χ2n) is 4.72. The second kappa shape index (κ2) is 7.42. The number of benzene rings is 2. The Balaban J connectivity index is 2.12. The number of aliphatic hydroxyl groups is 1. The van der Waals surface area contributed by atoms with Crippen molar-refractivity contribution < 1.29 is 9.90 Å². The Bertz CT molecular complexity index is 517. The molecule has 5 heteroatoms. The van der Waals surface area contributed by atoms with Gasteiger partial charge in [0.25, 0.3) is 0 Å². The van der Waals surface area contributed by atoms with Crippen molar-refractivity contribution in [2.75, 3.05) is 0 Å². The first-order chi connectivity index (χ1) is 10.1. The highest BCUT2D eigenvalue weighted by Gasteiger charge is 2.15. The van der Waals surface area contributed by atoms with Crippen LogP contribution in [0, 0.1) is 0 Å². The Labute approximate surface area is 124 Å². The molecule has 0 radical (unpaired) electrons. The highest BCUT2D eigenvalue weighted by Crippen LogP contribution is 2.10. The van der Waals surface area contributed by atoms with Crippen molar-refractivity contribution in [3.8, 4) is 0 Å². The molecule has 0 bridgehead atoms. The molecule has 1 atom stereocenters. The highest BCUT2D eigenvalue weighted by atomic mass is 16.3. The number of nitrogens with zero attached hydrogens (tertiary/aromatic N) is 1.